The average molecular weight is 379 g/mol. The van der Waals surface area contributed by atoms with Gasteiger partial charge in [-0.2, -0.15) is 21.8 Å². The minimum absolute atomic E-state index is 0.354. The predicted molar refractivity (Wildman–Crippen MR) is 99.9 cm³/mol. The molecule has 25 heavy (non-hydrogen) atoms. The number of carbonyl (C=O) groups excluding carboxylic acids is 1. The molecule has 1 aromatic heterocycles. The van der Waals surface area contributed by atoms with Crippen molar-refractivity contribution in [2.24, 2.45) is 0 Å². The number of aromatic nitrogens is 3. The van der Waals surface area contributed by atoms with Crippen LogP contribution in [0.25, 0.3) is 0 Å². The zero-order valence-corrected chi connectivity index (χ0v) is 15.6. The fourth-order valence-corrected chi connectivity index (χ4v) is 3.44. The molecule has 3 rings (SSSR count). The van der Waals surface area contributed by atoms with Gasteiger partial charge < -0.3 is 10.1 Å². The maximum atomic E-state index is 12.7. The molecule has 0 bridgehead atoms. The highest BCUT2D eigenvalue weighted by Crippen LogP contribution is 2.35. The molecule has 0 spiro atoms. The van der Waals surface area contributed by atoms with Crippen molar-refractivity contribution in [2.75, 3.05) is 23.4 Å². The molecule has 1 unspecified atom stereocenters. The molecule has 2 heterocycles. The zero-order valence-electron chi connectivity index (χ0n) is 14.0. The summed E-state index contributed by atoms with van der Waals surface area (Å²) in [6.45, 7) is 4.29. The van der Waals surface area contributed by atoms with Gasteiger partial charge in [-0.3, -0.25) is 0 Å². The van der Waals surface area contributed by atoms with Crippen molar-refractivity contribution in [3.05, 3.63) is 52.4 Å². The van der Waals surface area contributed by atoms with Crippen molar-refractivity contribution in [1.82, 2.24) is 14.8 Å². The van der Waals surface area contributed by atoms with Gasteiger partial charge in [-0.05, 0) is 30.4 Å². The number of thioether (sulfide) groups is 1. The van der Waals surface area contributed by atoms with E-state index in [0.29, 0.717) is 28.8 Å². The molecular weight excluding hydrogens is 360 g/mol. The molecule has 1 aromatic carbocycles. The first kappa shape index (κ1) is 17.8. The highest BCUT2D eigenvalue weighted by Gasteiger charge is 2.34. The lowest BCUT2D eigenvalue weighted by molar-refractivity contribution is -0.138. The number of nitrogens with zero attached hydrogens (tertiary/aromatic N) is 3. The van der Waals surface area contributed by atoms with E-state index in [9.17, 15) is 4.79 Å². The molecule has 2 aromatic rings. The summed E-state index contributed by atoms with van der Waals surface area (Å²) in [5, 5.41) is 7.99. The molecule has 132 valence electrons. The Bertz CT molecular complexity index is 805. The minimum Gasteiger partial charge on any atom is -0.461 e. The van der Waals surface area contributed by atoms with Gasteiger partial charge in [0.25, 0.3) is 0 Å². The average Bonchev–Trinajstić information content (AvgIpc) is 3.05. The van der Waals surface area contributed by atoms with Gasteiger partial charge in [-0.15, -0.1) is 0 Å². The smallest absolute Gasteiger partial charge is 0.338 e. The summed E-state index contributed by atoms with van der Waals surface area (Å²) in [4.78, 5) is 17.0. The lowest BCUT2D eigenvalue weighted by Crippen LogP contribution is -2.30. The number of esters is 1. The summed E-state index contributed by atoms with van der Waals surface area (Å²) in [5.74, 6) is 2.00. The van der Waals surface area contributed by atoms with Crippen molar-refractivity contribution in [3.8, 4) is 0 Å². The fourth-order valence-electron chi connectivity index (χ4n) is 2.76. The maximum absolute atomic E-state index is 12.7. The van der Waals surface area contributed by atoms with E-state index in [0.717, 1.165) is 17.1 Å². The fraction of sp³-hybridized carbons (Fsp3) is 0.353. The summed E-state index contributed by atoms with van der Waals surface area (Å²) >= 11 is 7.88. The van der Waals surface area contributed by atoms with E-state index in [4.69, 9.17) is 16.3 Å². The summed E-state index contributed by atoms with van der Waals surface area (Å²) in [6, 6.07) is 6.97. The molecule has 0 saturated heterocycles. The first-order valence-corrected chi connectivity index (χ1v) is 9.52. The molecule has 1 aliphatic heterocycles. The molecule has 8 heteroatoms. The number of halogens is 1. The van der Waals surface area contributed by atoms with Crippen LogP contribution in [0.3, 0.4) is 0 Å². The Balaban J connectivity index is 1.94. The number of ether oxygens (including phenoxy) is 1. The van der Waals surface area contributed by atoms with Crippen molar-refractivity contribution >= 4 is 35.3 Å². The zero-order chi connectivity index (χ0) is 17.8. The van der Waals surface area contributed by atoms with E-state index in [1.807, 2.05) is 25.1 Å². The third-order valence-electron chi connectivity index (χ3n) is 3.84. The van der Waals surface area contributed by atoms with E-state index in [1.54, 1.807) is 22.5 Å². The number of rotatable bonds is 6. The lowest BCUT2D eigenvalue weighted by Gasteiger charge is -2.28. The molecule has 1 aliphatic rings. The number of hydrogen-bond acceptors (Lipinski definition) is 6. The quantitative estimate of drug-likeness (QED) is 0.612. The molecule has 1 atom stereocenters. The van der Waals surface area contributed by atoms with Crippen LogP contribution in [-0.4, -0.2) is 38.8 Å². The molecule has 0 saturated carbocycles. The molecular formula is C17H19ClN4O2S. The lowest BCUT2D eigenvalue weighted by atomic mass is 9.96. The van der Waals surface area contributed by atoms with Gasteiger partial charge in [0.1, 0.15) is 19.0 Å². The SMILES string of the molecule is CCSCCOC(=O)C1=C(C)Nc2ncnn2C1c1cccc(Cl)c1. The Morgan fingerprint density at radius 1 is 1.48 bits per heavy atom. The molecule has 0 aliphatic carbocycles. The number of fused-ring (bicyclic) bond motifs is 1. The monoisotopic (exact) mass is 378 g/mol. The van der Waals surface area contributed by atoms with E-state index in [-0.39, 0.29) is 5.97 Å². The second-order valence-corrected chi connectivity index (χ2v) is 7.31. The van der Waals surface area contributed by atoms with Crippen molar-refractivity contribution in [3.63, 3.8) is 0 Å². The molecule has 0 amide bonds. The predicted octanol–water partition coefficient (Wildman–Crippen LogP) is 3.52. The second-order valence-electron chi connectivity index (χ2n) is 5.48. The number of allylic oxidation sites excluding steroid dienone is 1. The van der Waals surface area contributed by atoms with Crippen LogP contribution in [-0.2, 0) is 9.53 Å². The largest absolute Gasteiger partial charge is 0.461 e. The Hall–Kier alpha value is -1.99. The van der Waals surface area contributed by atoms with Crippen molar-refractivity contribution < 1.29 is 9.53 Å². The number of hydrogen-bond donors (Lipinski definition) is 1. The van der Waals surface area contributed by atoms with Gasteiger partial charge in [0.2, 0.25) is 5.95 Å². The molecule has 0 fully saturated rings. The van der Waals surface area contributed by atoms with Crippen LogP contribution in [0.2, 0.25) is 5.02 Å². The molecule has 1 N–H and O–H groups in total. The van der Waals surface area contributed by atoms with Crippen LogP contribution >= 0.6 is 23.4 Å². The highest BCUT2D eigenvalue weighted by molar-refractivity contribution is 7.99. The first-order chi connectivity index (χ1) is 12.1. The van der Waals surface area contributed by atoms with Crippen LogP contribution in [0.15, 0.2) is 41.9 Å². The van der Waals surface area contributed by atoms with Crippen LogP contribution in [0.5, 0.6) is 0 Å². The molecule has 6 nitrogen and oxygen atoms in total. The maximum Gasteiger partial charge on any atom is 0.338 e. The number of carbonyl (C=O) groups is 1. The summed E-state index contributed by atoms with van der Waals surface area (Å²) in [7, 11) is 0. The third-order valence-corrected chi connectivity index (χ3v) is 4.94. The second kappa shape index (κ2) is 7.93. The Labute approximate surface area is 155 Å². The van der Waals surface area contributed by atoms with Crippen LogP contribution in [0.1, 0.15) is 25.5 Å². The van der Waals surface area contributed by atoms with Crippen LogP contribution < -0.4 is 5.32 Å². The van der Waals surface area contributed by atoms with Crippen molar-refractivity contribution in [2.45, 2.75) is 19.9 Å². The Morgan fingerprint density at radius 2 is 2.32 bits per heavy atom. The third kappa shape index (κ3) is 3.82. The minimum atomic E-state index is -0.427. The van der Waals surface area contributed by atoms with Gasteiger partial charge in [-0.1, -0.05) is 30.7 Å². The summed E-state index contributed by atoms with van der Waals surface area (Å²) in [6.07, 6.45) is 1.46. The standard InChI is InChI=1S/C17H19ClN4O2S/c1-3-25-8-7-24-16(23)14-11(2)21-17-19-10-20-22(17)15(14)12-5-4-6-13(18)9-12/h4-6,9-10,15H,3,7-8H2,1-2H3,(H,19,20,21). The van der Waals surface area contributed by atoms with Gasteiger partial charge in [0.05, 0.1) is 5.57 Å². The van der Waals surface area contributed by atoms with E-state index < -0.39 is 6.04 Å². The van der Waals surface area contributed by atoms with E-state index in [1.165, 1.54) is 6.33 Å². The van der Waals surface area contributed by atoms with E-state index in [2.05, 4.69) is 22.3 Å². The summed E-state index contributed by atoms with van der Waals surface area (Å²) < 4.78 is 7.15. The van der Waals surface area contributed by atoms with Crippen LogP contribution in [0, 0.1) is 0 Å². The summed E-state index contributed by atoms with van der Waals surface area (Å²) in [5.41, 5.74) is 2.08. The van der Waals surface area contributed by atoms with Crippen molar-refractivity contribution in [1.29, 1.82) is 0 Å². The Morgan fingerprint density at radius 3 is 3.08 bits per heavy atom. The molecule has 0 radical (unpaired) electrons. The number of nitrogens with one attached hydrogen (secondary N) is 1. The normalized spacial score (nSPS) is 16.4. The van der Waals surface area contributed by atoms with Gasteiger partial charge in [-0.25, -0.2) is 9.48 Å². The topological polar surface area (TPSA) is 69.0 Å². The van der Waals surface area contributed by atoms with Gasteiger partial charge in [0.15, 0.2) is 0 Å². The van der Waals surface area contributed by atoms with Gasteiger partial charge in [0, 0.05) is 16.5 Å². The van der Waals surface area contributed by atoms with Gasteiger partial charge >= 0.3 is 5.97 Å². The van der Waals surface area contributed by atoms with Crippen LogP contribution in [0.4, 0.5) is 5.95 Å². The number of anilines is 1. The first-order valence-electron chi connectivity index (χ1n) is 7.99. The van der Waals surface area contributed by atoms with E-state index >= 15 is 0 Å². The highest BCUT2D eigenvalue weighted by atomic mass is 35.5. The number of benzene rings is 1. The Kier molecular flexibility index (Phi) is 5.65.